The number of nitrogens with zero attached hydrogens (tertiary/aromatic N) is 1. The summed E-state index contributed by atoms with van der Waals surface area (Å²) in [6.07, 6.45) is 0. The summed E-state index contributed by atoms with van der Waals surface area (Å²) >= 11 is 3.72. The second-order valence-corrected chi connectivity index (χ2v) is 5.25. The molecule has 0 unspecified atom stereocenters. The summed E-state index contributed by atoms with van der Waals surface area (Å²) in [6, 6.07) is 4.32. The molecular weight excluding hydrogens is 280 g/mol. The predicted octanol–water partition coefficient (Wildman–Crippen LogP) is 2.82. The maximum absolute atomic E-state index is 5.53. The Balaban J connectivity index is 2.41. The lowest BCUT2D eigenvalue weighted by Crippen LogP contribution is -2.27. The summed E-state index contributed by atoms with van der Waals surface area (Å²) in [5.74, 6) is 0.967. The normalized spacial score (nSPS) is 15.0. The fraction of sp³-hybridized carbons (Fsp3) is 0.385. The van der Waals surface area contributed by atoms with Gasteiger partial charge in [-0.3, -0.25) is 0 Å². The number of hydrogen-bond acceptors (Lipinski definition) is 2. The SMILES string of the molecule is COc1cc(C)cc2c(Br)c3n(c12)CCNC3. The highest BCUT2D eigenvalue weighted by atomic mass is 79.9. The van der Waals surface area contributed by atoms with Gasteiger partial charge in [0, 0.05) is 35.2 Å². The second-order valence-electron chi connectivity index (χ2n) is 4.45. The molecule has 4 heteroatoms. The van der Waals surface area contributed by atoms with E-state index in [1.165, 1.54) is 26.6 Å². The van der Waals surface area contributed by atoms with Crippen LogP contribution in [0.2, 0.25) is 0 Å². The molecule has 1 aromatic carbocycles. The summed E-state index contributed by atoms with van der Waals surface area (Å²) in [7, 11) is 1.74. The average molecular weight is 295 g/mol. The molecule has 1 aromatic heterocycles. The summed E-state index contributed by atoms with van der Waals surface area (Å²) in [5, 5.41) is 4.65. The van der Waals surface area contributed by atoms with Crippen LogP contribution in [0.25, 0.3) is 10.9 Å². The van der Waals surface area contributed by atoms with Crippen LogP contribution in [0.4, 0.5) is 0 Å². The molecule has 1 N–H and O–H groups in total. The lowest BCUT2D eigenvalue weighted by Gasteiger charge is -2.18. The van der Waals surface area contributed by atoms with Gasteiger partial charge in [0.2, 0.25) is 0 Å². The number of rotatable bonds is 1. The summed E-state index contributed by atoms with van der Waals surface area (Å²) in [5.41, 5.74) is 3.75. The molecule has 0 fully saturated rings. The Morgan fingerprint density at radius 3 is 3.00 bits per heavy atom. The van der Waals surface area contributed by atoms with E-state index >= 15 is 0 Å². The Labute approximate surface area is 109 Å². The van der Waals surface area contributed by atoms with Gasteiger partial charge in [0.25, 0.3) is 0 Å². The summed E-state index contributed by atoms with van der Waals surface area (Å²) < 4.78 is 9.08. The molecule has 0 saturated heterocycles. The second kappa shape index (κ2) is 4.03. The third-order valence-electron chi connectivity index (χ3n) is 3.33. The first kappa shape index (κ1) is 11.1. The minimum atomic E-state index is 0.914. The number of fused-ring (bicyclic) bond motifs is 3. The predicted molar refractivity (Wildman–Crippen MR) is 72.6 cm³/mol. The monoisotopic (exact) mass is 294 g/mol. The highest BCUT2D eigenvalue weighted by molar-refractivity contribution is 9.10. The lowest BCUT2D eigenvalue weighted by molar-refractivity contribution is 0.415. The number of hydrogen-bond donors (Lipinski definition) is 1. The molecule has 2 aromatic rings. The first-order valence-electron chi connectivity index (χ1n) is 5.78. The van der Waals surface area contributed by atoms with Crippen molar-refractivity contribution in [2.75, 3.05) is 13.7 Å². The van der Waals surface area contributed by atoms with Crippen molar-refractivity contribution in [1.82, 2.24) is 9.88 Å². The van der Waals surface area contributed by atoms with E-state index < -0.39 is 0 Å². The van der Waals surface area contributed by atoms with Gasteiger partial charge in [-0.1, -0.05) is 0 Å². The summed E-state index contributed by atoms with van der Waals surface area (Å²) in [6.45, 7) is 5.03. The van der Waals surface area contributed by atoms with Crippen LogP contribution in [0.3, 0.4) is 0 Å². The molecule has 1 aliphatic rings. The van der Waals surface area contributed by atoms with Crippen molar-refractivity contribution >= 4 is 26.8 Å². The highest BCUT2D eigenvalue weighted by Gasteiger charge is 2.20. The fourth-order valence-electron chi connectivity index (χ4n) is 2.57. The molecule has 0 amide bonds. The van der Waals surface area contributed by atoms with Crippen LogP contribution in [0.15, 0.2) is 16.6 Å². The molecule has 90 valence electrons. The Kier molecular flexibility index (Phi) is 2.64. The number of ether oxygens (including phenoxy) is 1. The van der Waals surface area contributed by atoms with Crippen molar-refractivity contribution < 1.29 is 4.74 Å². The zero-order chi connectivity index (χ0) is 12.0. The van der Waals surface area contributed by atoms with Gasteiger partial charge in [0.15, 0.2) is 0 Å². The number of aromatic nitrogens is 1. The zero-order valence-corrected chi connectivity index (χ0v) is 11.6. The molecule has 0 spiro atoms. The zero-order valence-electron chi connectivity index (χ0n) is 10.0. The number of benzene rings is 1. The third kappa shape index (κ3) is 1.58. The van der Waals surface area contributed by atoms with Gasteiger partial charge in [-0.15, -0.1) is 0 Å². The number of methoxy groups -OCH3 is 1. The van der Waals surface area contributed by atoms with Crippen LogP contribution in [0.5, 0.6) is 5.75 Å². The Morgan fingerprint density at radius 1 is 1.41 bits per heavy atom. The molecule has 1 aliphatic heterocycles. The molecule has 0 saturated carbocycles. The molecule has 3 nitrogen and oxygen atoms in total. The molecule has 0 radical (unpaired) electrons. The van der Waals surface area contributed by atoms with Gasteiger partial charge in [-0.2, -0.15) is 0 Å². The van der Waals surface area contributed by atoms with Crippen molar-refractivity contribution in [2.45, 2.75) is 20.0 Å². The molecule has 0 aliphatic carbocycles. The first-order valence-corrected chi connectivity index (χ1v) is 6.57. The molecule has 2 heterocycles. The minimum absolute atomic E-state index is 0.914. The van der Waals surface area contributed by atoms with Crippen molar-refractivity contribution in [3.63, 3.8) is 0 Å². The van der Waals surface area contributed by atoms with Crippen molar-refractivity contribution in [2.24, 2.45) is 0 Å². The minimum Gasteiger partial charge on any atom is -0.495 e. The van der Waals surface area contributed by atoms with E-state index in [-0.39, 0.29) is 0 Å². The number of halogens is 1. The van der Waals surface area contributed by atoms with E-state index in [0.717, 1.165) is 25.4 Å². The van der Waals surface area contributed by atoms with Crippen LogP contribution in [0.1, 0.15) is 11.3 Å². The molecule has 0 bridgehead atoms. The van der Waals surface area contributed by atoms with Gasteiger partial charge in [-0.05, 0) is 40.5 Å². The van der Waals surface area contributed by atoms with Gasteiger partial charge in [0.1, 0.15) is 5.75 Å². The van der Waals surface area contributed by atoms with E-state index in [2.05, 4.69) is 44.9 Å². The van der Waals surface area contributed by atoms with E-state index in [9.17, 15) is 0 Å². The van der Waals surface area contributed by atoms with Crippen LogP contribution < -0.4 is 10.1 Å². The highest BCUT2D eigenvalue weighted by Crippen LogP contribution is 2.38. The first-order chi connectivity index (χ1) is 8.22. The molecule has 17 heavy (non-hydrogen) atoms. The molecule has 3 rings (SSSR count). The number of aryl methyl sites for hydroxylation is 1. The van der Waals surface area contributed by atoms with E-state index in [1.807, 2.05) is 0 Å². The van der Waals surface area contributed by atoms with Gasteiger partial charge in [0.05, 0.1) is 12.6 Å². The maximum atomic E-state index is 5.53. The largest absolute Gasteiger partial charge is 0.495 e. The van der Waals surface area contributed by atoms with E-state index in [1.54, 1.807) is 7.11 Å². The van der Waals surface area contributed by atoms with E-state index in [4.69, 9.17) is 4.74 Å². The maximum Gasteiger partial charge on any atom is 0.143 e. The van der Waals surface area contributed by atoms with Crippen LogP contribution in [-0.2, 0) is 13.1 Å². The van der Waals surface area contributed by atoms with Gasteiger partial charge >= 0.3 is 0 Å². The smallest absolute Gasteiger partial charge is 0.143 e. The van der Waals surface area contributed by atoms with Crippen molar-refractivity contribution in [1.29, 1.82) is 0 Å². The molecular formula is C13H15BrN2O. The van der Waals surface area contributed by atoms with Crippen molar-refractivity contribution in [3.05, 3.63) is 27.9 Å². The van der Waals surface area contributed by atoms with E-state index in [0.29, 0.717) is 0 Å². The Bertz CT molecular complexity index is 589. The van der Waals surface area contributed by atoms with Gasteiger partial charge < -0.3 is 14.6 Å². The Morgan fingerprint density at radius 2 is 2.24 bits per heavy atom. The topological polar surface area (TPSA) is 26.2 Å². The van der Waals surface area contributed by atoms with Gasteiger partial charge in [-0.25, -0.2) is 0 Å². The third-order valence-corrected chi connectivity index (χ3v) is 4.21. The number of nitrogens with one attached hydrogen (secondary N) is 1. The average Bonchev–Trinajstić information content (AvgIpc) is 2.63. The molecule has 0 atom stereocenters. The lowest BCUT2D eigenvalue weighted by atomic mass is 10.1. The Hall–Kier alpha value is -1.00. The van der Waals surface area contributed by atoms with Crippen LogP contribution in [-0.4, -0.2) is 18.2 Å². The van der Waals surface area contributed by atoms with Crippen LogP contribution >= 0.6 is 15.9 Å². The quantitative estimate of drug-likeness (QED) is 0.875. The standard InChI is InChI=1S/C13H15BrN2O/c1-8-5-9-12(14)10-7-15-3-4-16(10)13(9)11(6-8)17-2/h5-6,15H,3-4,7H2,1-2H3. The van der Waals surface area contributed by atoms with Crippen molar-refractivity contribution in [3.8, 4) is 5.75 Å². The van der Waals surface area contributed by atoms with Crippen LogP contribution in [0, 0.1) is 6.92 Å². The summed E-state index contributed by atoms with van der Waals surface area (Å²) in [4.78, 5) is 0. The fourth-order valence-corrected chi connectivity index (χ4v) is 3.23.